The topological polar surface area (TPSA) is 50.4 Å². The molecule has 0 radical (unpaired) electrons. The fraction of sp³-hybridized carbons (Fsp3) is 0.500. The lowest BCUT2D eigenvalue weighted by Crippen LogP contribution is -2.38. The molecule has 1 aromatic carbocycles. The molecule has 0 aliphatic rings. The van der Waals surface area contributed by atoms with Crippen molar-refractivity contribution in [3.8, 4) is 5.75 Å². The second-order valence-corrected chi connectivity index (χ2v) is 5.12. The molecule has 1 atom stereocenters. The fourth-order valence-electron chi connectivity index (χ4n) is 1.39. The van der Waals surface area contributed by atoms with Crippen molar-refractivity contribution in [3.63, 3.8) is 0 Å². The number of hydrogen-bond donors (Lipinski definition) is 2. The van der Waals surface area contributed by atoms with E-state index < -0.39 is 0 Å². The summed E-state index contributed by atoms with van der Waals surface area (Å²) in [6, 6.07) is 5.05. The molecular formula is C14H21ClN2O2. The number of urea groups is 1. The van der Waals surface area contributed by atoms with Gasteiger partial charge in [-0.1, -0.05) is 25.4 Å². The van der Waals surface area contributed by atoms with Gasteiger partial charge in [-0.15, -0.1) is 0 Å². The van der Waals surface area contributed by atoms with Crippen LogP contribution in [-0.4, -0.2) is 18.7 Å². The first-order valence-electron chi connectivity index (χ1n) is 6.44. The van der Waals surface area contributed by atoms with Crippen LogP contribution in [0.5, 0.6) is 5.75 Å². The first kappa shape index (κ1) is 15.6. The highest BCUT2D eigenvalue weighted by atomic mass is 35.5. The fourth-order valence-corrected chi connectivity index (χ4v) is 1.63. The largest absolute Gasteiger partial charge is 0.492 e. The standard InChI is InChI=1S/C14H21ClN2O2/c1-5-19-13-7-6-11(8-12(13)15)17-14(18)16-10(4)9(2)3/h6-10H,5H2,1-4H3,(H2,16,17,18). The van der Waals surface area contributed by atoms with Crippen molar-refractivity contribution in [2.75, 3.05) is 11.9 Å². The van der Waals surface area contributed by atoms with Crippen LogP contribution in [0.1, 0.15) is 27.7 Å². The van der Waals surface area contributed by atoms with Crippen LogP contribution in [0.15, 0.2) is 18.2 Å². The summed E-state index contributed by atoms with van der Waals surface area (Å²) >= 11 is 6.05. The van der Waals surface area contributed by atoms with Crippen LogP contribution in [0.3, 0.4) is 0 Å². The van der Waals surface area contributed by atoms with Gasteiger partial charge in [0.25, 0.3) is 0 Å². The highest BCUT2D eigenvalue weighted by Crippen LogP contribution is 2.27. The average Bonchev–Trinajstić information content (AvgIpc) is 2.32. The predicted octanol–water partition coefficient (Wildman–Crippen LogP) is 3.90. The van der Waals surface area contributed by atoms with Crippen LogP contribution in [0.2, 0.25) is 5.02 Å². The monoisotopic (exact) mass is 284 g/mol. The van der Waals surface area contributed by atoms with Gasteiger partial charge in [0.2, 0.25) is 0 Å². The third-order valence-electron chi connectivity index (χ3n) is 2.85. The second-order valence-electron chi connectivity index (χ2n) is 4.71. The van der Waals surface area contributed by atoms with Crippen LogP contribution < -0.4 is 15.4 Å². The van der Waals surface area contributed by atoms with Gasteiger partial charge >= 0.3 is 6.03 Å². The molecule has 0 heterocycles. The molecule has 5 heteroatoms. The number of anilines is 1. The van der Waals surface area contributed by atoms with E-state index in [1.165, 1.54) is 0 Å². The molecule has 0 saturated heterocycles. The maximum atomic E-state index is 11.8. The first-order chi connectivity index (χ1) is 8.93. The van der Waals surface area contributed by atoms with Gasteiger partial charge < -0.3 is 15.4 Å². The van der Waals surface area contributed by atoms with E-state index in [1.54, 1.807) is 18.2 Å². The lowest BCUT2D eigenvalue weighted by Gasteiger charge is -2.18. The third kappa shape index (κ3) is 4.99. The highest BCUT2D eigenvalue weighted by Gasteiger charge is 2.11. The van der Waals surface area contributed by atoms with E-state index in [-0.39, 0.29) is 12.1 Å². The van der Waals surface area contributed by atoms with E-state index in [0.717, 1.165) is 0 Å². The third-order valence-corrected chi connectivity index (χ3v) is 3.14. The number of hydrogen-bond acceptors (Lipinski definition) is 2. The van der Waals surface area contributed by atoms with Crippen molar-refractivity contribution >= 4 is 23.3 Å². The molecule has 4 nitrogen and oxygen atoms in total. The van der Waals surface area contributed by atoms with Crippen LogP contribution in [0.25, 0.3) is 0 Å². The Morgan fingerprint density at radius 2 is 2.05 bits per heavy atom. The number of rotatable bonds is 5. The predicted molar refractivity (Wildman–Crippen MR) is 79.1 cm³/mol. The lowest BCUT2D eigenvalue weighted by molar-refractivity contribution is 0.246. The number of benzene rings is 1. The summed E-state index contributed by atoms with van der Waals surface area (Å²) in [5.74, 6) is 1.00. The number of ether oxygens (including phenoxy) is 1. The molecule has 1 unspecified atom stereocenters. The van der Waals surface area contributed by atoms with Crippen molar-refractivity contribution in [3.05, 3.63) is 23.2 Å². The molecule has 0 aliphatic carbocycles. The Hall–Kier alpha value is -1.42. The molecule has 0 fully saturated rings. The molecular weight excluding hydrogens is 264 g/mol. The number of carbonyl (C=O) groups is 1. The highest BCUT2D eigenvalue weighted by molar-refractivity contribution is 6.32. The van der Waals surface area contributed by atoms with E-state index in [4.69, 9.17) is 16.3 Å². The second kappa shape index (κ2) is 7.24. The molecule has 0 bridgehead atoms. The minimum atomic E-state index is -0.235. The molecule has 0 spiro atoms. The van der Waals surface area contributed by atoms with Gasteiger partial charge in [0.15, 0.2) is 0 Å². The zero-order valence-corrected chi connectivity index (χ0v) is 12.5. The van der Waals surface area contributed by atoms with Crippen molar-refractivity contribution in [1.82, 2.24) is 5.32 Å². The Kier molecular flexibility index (Phi) is 5.96. The molecule has 0 saturated carbocycles. The quantitative estimate of drug-likeness (QED) is 0.861. The normalized spacial score (nSPS) is 12.1. The SMILES string of the molecule is CCOc1ccc(NC(=O)NC(C)C(C)C)cc1Cl. The van der Waals surface area contributed by atoms with Crippen LogP contribution in [0.4, 0.5) is 10.5 Å². The van der Waals surface area contributed by atoms with Gasteiger partial charge in [0.1, 0.15) is 5.75 Å². The zero-order valence-electron chi connectivity index (χ0n) is 11.8. The van der Waals surface area contributed by atoms with E-state index in [2.05, 4.69) is 24.5 Å². The summed E-state index contributed by atoms with van der Waals surface area (Å²) < 4.78 is 5.33. The van der Waals surface area contributed by atoms with Gasteiger partial charge in [0, 0.05) is 11.7 Å². The average molecular weight is 285 g/mol. The van der Waals surface area contributed by atoms with Crippen LogP contribution in [0, 0.1) is 5.92 Å². The first-order valence-corrected chi connectivity index (χ1v) is 6.81. The van der Waals surface area contributed by atoms with Crippen molar-refractivity contribution < 1.29 is 9.53 Å². The zero-order chi connectivity index (χ0) is 14.4. The molecule has 0 aliphatic heterocycles. The number of halogens is 1. The molecule has 2 amide bonds. The van der Waals surface area contributed by atoms with Crippen LogP contribution >= 0.6 is 11.6 Å². The minimum absolute atomic E-state index is 0.109. The smallest absolute Gasteiger partial charge is 0.319 e. The molecule has 19 heavy (non-hydrogen) atoms. The van der Waals surface area contributed by atoms with Gasteiger partial charge in [-0.05, 0) is 38.0 Å². The Balaban J connectivity index is 2.62. The summed E-state index contributed by atoms with van der Waals surface area (Å²) in [6.45, 7) is 8.52. The number of nitrogens with one attached hydrogen (secondary N) is 2. The van der Waals surface area contributed by atoms with Crippen molar-refractivity contribution in [1.29, 1.82) is 0 Å². The van der Waals surface area contributed by atoms with Gasteiger partial charge in [-0.3, -0.25) is 0 Å². The van der Waals surface area contributed by atoms with E-state index in [1.807, 2.05) is 13.8 Å². The molecule has 2 N–H and O–H groups in total. The minimum Gasteiger partial charge on any atom is -0.492 e. The summed E-state index contributed by atoms with van der Waals surface area (Å²) in [5, 5.41) is 6.09. The van der Waals surface area contributed by atoms with Crippen molar-refractivity contribution in [2.24, 2.45) is 5.92 Å². The van der Waals surface area contributed by atoms with Gasteiger partial charge in [-0.25, -0.2) is 4.79 Å². The Morgan fingerprint density at radius 3 is 2.58 bits per heavy atom. The maximum absolute atomic E-state index is 11.8. The van der Waals surface area contributed by atoms with E-state index in [9.17, 15) is 4.79 Å². The Morgan fingerprint density at radius 1 is 1.37 bits per heavy atom. The number of amides is 2. The summed E-state index contributed by atoms with van der Waals surface area (Å²) in [7, 11) is 0. The van der Waals surface area contributed by atoms with Crippen LogP contribution in [-0.2, 0) is 0 Å². The lowest BCUT2D eigenvalue weighted by atomic mass is 10.1. The van der Waals surface area contributed by atoms with E-state index >= 15 is 0 Å². The Bertz CT molecular complexity index is 435. The Labute approximate surface area is 119 Å². The number of carbonyl (C=O) groups excluding carboxylic acids is 1. The molecule has 1 rings (SSSR count). The van der Waals surface area contributed by atoms with E-state index in [0.29, 0.717) is 29.0 Å². The molecule has 106 valence electrons. The van der Waals surface area contributed by atoms with Gasteiger partial charge in [-0.2, -0.15) is 0 Å². The van der Waals surface area contributed by atoms with Crippen molar-refractivity contribution in [2.45, 2.75) is 33.7 Å². The molecule has 0 aromatic heterocycles. The summed E-state index contributed by atoms with van der Waals surface area (Å²) in [5.41, 5.74) is 0.641. The summed E-state index contributed by atoms with van der Waals surface area (Å²) in [6.07, 6.45) is 0. The molecule has 1 aromatic rings. The maximum Gasteiger partial charge on any atom is 0.319 e. The summed E-state index contributed by atoms with van der Waals surface area (Å²) in [4.78, 5) is 11.8. The van der Waals surface area contributed by atoms with Gasteiger partial charge in [0.05, 0.1) is 11.6 Å².